The second-order valence-electron chi connectivity index (χ2n) is 3.57. The Morgan fingerprint density at radius 2 is 2.18 bits per heavy atom. The average Bonchev–Trinajstić information content (AvgIpc) is 2.30. The molecule has 1 aromatic rings. The summed E-state index contributed by atoms with van der Waals surface area (Å²) in [6, 6.07) is 2.87. The van der Waals surface area contributed by atoms with Crippen LogP contribution < -0.4 is 11.2 Å². The number of anilines is 2. The summed E-state index contributed by atoms with van der Waals surface area (Å²) in [5, 5.41) is 12.5. The van der Waals surface area contributed by atoms with Gasteiger partial charge in [-0.2, -0.15) is 0 Å². The predicted octanol–water partition coefficient (Wildman–Crippen LogP) is 0.231. The fourth-order valence-corrected chi connectivity index (χ4v) is 1.52. The number of nitrogens with zero attached hydrogens (tertiary/aromatic N) is 3. The van der Waals surface area contributed by atoms with Crippen molar-refractivity contribution in [2.45, 2.75) is 0 Å². The summed E-state index contributed by atoms with van der Waals surface area (Å²) in [6.45, 7) is 2.77. The van der Waals surface area contributed by atoms with Gasteiger partial charge < -0.3 is 15.9 Å². The highest BCUT2D eigenvalue weighted by Crippen LogP contribution is 2.20. The van der Waals surface area contributed by atoms with Crippen LogP contribution in [0.2, 0.25) is 0 Å². The first-order valence-corrected chi connectivity index (χ1v) is 5.17. The van der Waals surface area contributed by atoms with Crippen LogP contribution in [0.5, 0.6) is 0 Å². The molecule has 2 heterocycles. The lowest BCUT2D eigenvalue weighted by atomic mass is 10.4. The molecule has 0 aromatic carbocycles. The van der Waals surface area contributed by atoms with Crippen molar-refractivity contribution in [2.24, 2.45) is 0 Å². The molecule has 0 radical (unpaired) electrons. The van der Waals surface area contributed by atoms with Crippen LogP contribution in [0.4, 0.5) is 17.3 Å². The van der Waals surface area contributed by atoms with Crippen molar-refractivity contribution in [2.75, 3.05) is 37.5 Å². The van der Waals surface area contributed by atoms with E-state index < -0.39 is 4.92 Å². The third-order valence-electron chi connectivity index (χ3n) is 2.38. The van der Waals surface area contributed by atoms with Crippen LogP contribution in [0.25, 0.3) is 0 Å². The molecule has 1 aliphatic rings. The van der Waals surface area contributed by atoms with Gasteiger partial charge in [0.15, 0.2) is 0 Å². The summed E-state index contributed by atoms with van der Waals surface area (Å²) < 4.78 is 5.20. The van der Waals surface area contributed by atoms with Gasteiger partial charge >= 0.3 is 5.69 Å². The number of hydrogen-bond donors (Lipinski definition) is 2. The number of morpholine rings is 1. The molecule has 1 fully saturated rings. The lowest BCUT2D eigenvalue weighted by Gasteiger charge is -2.27. The standard InChI is InChI=1S/C9H13N5O3/c10-9-7(14(15)16)1-2-8(11-9)12-13-3-5-17-6-4-13/h1-2H,3-6H2,(H3,10,11,12). The first-order valence-electron chi connectivity index (χ1n) is 5.17. The van der Waals surface area contributed by atoms with Gasteiger partial charge in [-0.3, -0.25) is 10.1 Å². The number of nitrogen functional groups attached to an aromatic ring is 1. The maximum atomic E-state index is 10.6. The minimum absolute atomic E-state index is 0.0896. The Labute approximate surface area is 97.5 Å². The van der Waals surface area contributed by atoms with Crippen LogP contribution in [0, 0.1) is 10.1 Å². The zero-order valence-corrected chi connectivity index (χ0v) is 9.13. The van der Waals surface area contributed by atoms with E-state index in [-0.39, 0.29) is 11.5 Å². The number of aromatic nitrogens is 1. The fraction of sp³-hybridized carbons (Fsp3) is 0.444. The van der Waals surface area contributed by atoms with Gasteiger partial charge in [0.05, 0.1) is 18.1 Å². The summed E-state index contributed by atoms with van der Waals surface area (Å²) >= 11 is 0. The Balaban J connectivity index is 2.06. The van der Waals surface area contributed by atoms with Crippen LogP contribution in [0.3, 0.4) is 0 Å². The molecule has 0 aliphatic carbocycles. The van der Waals surface area contributed by atoms with E-state index in [1.54, 1.807) is 0 Å². The number of ether oxygens (including phenoxy) is 1. The number of nitro groups is 1. The fourth-order valence-electron chi connectivity index (χ4n) is 1.52. The maximum absolute atomic E-state index is 10.6. The lowest BCUT2D eigenvalue weighted by molar-refractivity contribution is -0.384. The highest BCUT2D eigenvalue weighted by molar-refractivity contribution is 5.56. The van der Waals surface area contributed by atoms with Crippen molar-refractivity contribution in [1.29, 1.82) is 0 Å². The Morgan fingerprint density at radius 1 is 1.47 bits per heavy atom. The number of hydrogen-bond acceptors (Lipinski definition) is 7. The van der Waals surface area contributed by atoms with Gasteiger partial charge in [-0.05, 0) is 6.07 Å². The Kier molecular flexibility index (Phi) is 3.35. The number of pyridine rings is 1. The van der Waals surface area contributed by atoms with E-state index in [0.717, 1.165) is 13.1 Å². The predicted molar refractivity (Wildman–Crippen MR) is 61.3 cm³/mol. The topological polar surface area (TPSA) is 107 Å². The van der Waals surface area contributed by atoms with Crippen molar-refractivity contribution in [1.82, 2.24) is 9.99 Å². The molecule has 1 aromatic heterocycles. The largest absolute Gasteiger partial charge is 0.379 e. The molecule has 0 unspecified atom stereocenters. The van der Waals surface area contributed by atoms with Gasteiger partial charge in [-0.1, -0.05) is 0 Å². The first kappa shape index (κ1) is 11.6. The van der Waals surface area contributed by atoms with Crippen LogP contribution in [0.1, 0.15) is 0 Å². The molecule has 92 valence electrons. The highest BCUT2D eigenvalue weighted by atomic mass is 16.6. The Bertz CT molecular complexity index is 419. The molecule has 8 heteroatoms. The first-order chi connectivity index (χ1) is 8.16. The molecular formula is C9H13N5O3. The van der Waals surface area contributed by atoms with Gasteiger partial charge in [0.25, 0.3) is 0 Å². The number of nitrogens with two attached hydrogens (primary N) is 1. The normalized spacial score (nSPS) is 16.7. The lowest BCUT2D eigenvalue weighted by Crippen LogP contribution is -2.40. The Morgan fingerprint density at radius 3 is 2.76 bits per heavy atom. The zero-order chi connectivity index (χ0) is 12.3. The van der Waals surface area contributed by atoms with Crippen molar-refractivity contribution < 1.29 is 9.66 Å². The zero-order valence-electron chi connectivity index (χ0n) is 9.13. The van der Waals surface area contributed by atoms with Crippen molar-refractivity contribution in [3.63, 3.8) is 0 Å². The van der Waals surface area contributed by atoms with E-state index in [9.17, 15) is 10.1 Å². The monoisotopic (exact) mass is 239 g/mol. The molecular weight excluding hydrogens is 226 g/mol. The third kappa shape index (κ3) is 2.80. The smallest absolute Gasteiger partial charge is 0.311 e. The maximum Gasteiger partial charge on any atom is 0.311 e. The molecule has 8 nitrogen and oxygen atoms in total. The summed E-state index contributed by atoms with van der Waals surface area (Å²) in [5.41, 5.74) is 8.34. The van der Waals surface area contributed by atoms with Crippen molar-refractivity contribution >= 4 is 17.3 Å². The minimum atomic E-state index is -0.555. The van der Waals surface area contributed by atoms with Crippen LogP contribution >= 0.6 is 0 Å². The molecule has 1 aliphatic heterocycles. The van der Waals surface area contributed by atoms with Crippen LogP contribution in [-0.2, 0) is 4.74 Å². The second kappa shape index (κ2) is 4.93. The van der Waals surface area contributed by atoms with E-state index in [0.29, 0.717) is 19.0 Å². The van der Waals surface area contributed by atoms with Crippen molar-refractivity contribution in [3.05, 3.63) is 22.2 Å². The average molecular weight is 239 g/mol. The van der Waals surface area contributed by atoms with Crippen LogP contribution in [-0.4, -0.2) is 41.2 Å². The molecule has 1 saturated heterocycles. The van der Waals surface area contributed by atoms with Crippen molar-refractivity contribution in [3.8, 4) is 0 Å². The van der Waals surface area contributed by atoms with Gasteiger partial charge in [-0.25, -0.2) is 9.99 Å². The van der Waals surface area contributed by atoms with E-state index in [2.05, 4.69) is 10.4 Å². The van der Waals surface area contributed by atoms with Gasteiger partial charge in [-0.15, -0.1) is 0 Å². The molecule has 0 saturated carbocycles. The molecule has 17 heavy (non-hydrogen) atoms. The third-order valence-corrected chi connectivity index (χ3v) is 2.38. The second-order valence-corrected chi connectivity index (χ2v) is 3.57. The summed E-state index contributed by atoms with van der Waals surface area (Å²) in [4.78, 5) is 13.9. The molecule has 0 amide bonds. The number of rotatable bonds is 3. The molecule has 0 spiro atoms. The SMILES string of the molecule is Nc1nc(NN2CCOCC2)ccc1[N+](=O)[O-]. The summed E-state index contributed by atoms with van der Waals surface area (Å²) in [6.07, 6.45) is 0. The van der Waals surface area contributed by atoms with Gasteiger partial charge in [0, 0.05) is 19.2 Å². The quantitative estimate of drug-likeness (QED) is 0.574. The molecule has 0 atom stereocenters. The molecule has 3 N–H and O–H groups in total. The van der Waals surface area contributed by atoms with Gasteiger partial charge in [0.2, 0.25) is 5.82 Å². The number of nitrogens with one attached hydrogen (secondary N) is 1. The summed E-state index contributed by atoms with van der Waals surface area (Å²) in [5.74, 6) is 0.406. The molecule has 0 bridgehead atoms. The van der Waals surface area contributed by atoms with E-state index >= 15 is 0 Å². The van der Waals surface area contributed by atoms with E-state index in [1.807, 2.05) is 5.01 Å². The summed E-state index contributed by atoms with van der Waals surface area (Å²) in [7, 11) is 0. The highest BCUT2D eigenvalue weighted by Gasteiger charge is 2.15. The van der Waals surface area contributed by atoms with Crippen LogP contribution in [0.15, 0.2) is 12.1 Å². The van der Waals surface area contributed by atoms with E-state index in [4.69, 9.17) is 10.5 Å². The van der Waals surface area contributed by atoms with E-state index in [1.165, 1.54) is 12.1 Å². The molecule has 2 rings (SSSR count). The minimum Gasteiger partial charge on any atom is -0.379 e. The van der Waals surface area contributed by atoms with Gasteiger partial charge in [0.1, 0.15) is 5.82 Å². The Hall–Kier alpha value is -1.93. The number of hydrazine groups is 1.